The summed E-state index contributed by atoms with van der Waals surface area (Å²) in [5.41, 5.74) is 3.27. The Morgan fingerprint density at radius 2 is 1.76 bits per heavy atom. The lowest BCUT2D eigenvalue weighted by Gasteiger charge is -2.14. The fourth-order valence-corrected chi connectivity index (χ4v) is 3.00. The van der Waals surface area contributed by atoms with E-state index in [0.29, 0.717) is 29.4 Å². The molecule has 0 heterocycles. The molecule has 1 atom stereocenters. The van der Waals surface area contributed by atoms with Gasteiger partial charge in [-0.15, -0.1) is 0 Å². The molecule has 0 aliphatic heterocycles. The molecular formula is C25H30N2O6. The highest BCUT2D eigenvalue weighted by atomic mass is 16.5. The van der Waals surface area contributed by atoms with E-state index >= 15 is 0 Å². The smallest absolute Gasteiger partial charge is 0.331 e. The van der Waals surface area contributed by atoms with Crippen LogP contribution in [0.15, 0.2) is 42.5 Å². The van der Waals surface area contributed by atoms with Crippen LogP contribution < -0.4 is 20.1 Å². The molecule has 8 heteroatoms. The van der Waals surface area contributed by atoms with Crippen LogP contribution in [0, 0.1) is 13.8 Å². The van der Waals surface area contributed by atoms with Crippen LogP contribution in [0.25, 0.3) is 6.08 Å². The van der Waals surface area contributed by atoms with Gasteiger partial charge >= 0.3 is 5.97 Å². The zero-order valence-electron chi connectivity index (χ0n) is 19.6. The minimum Gasteiger partial charge on any atom is -0.493 e. The average molecular weight is 455 g/mol. The summed E-state index contributed by atoms with van der Waals surface area (Å²) in [4.78, 5) is 36.5. The predicted molar refractivity (Wildman–Crippen MR) is 126 cm³/mol. The Morgan fingerprint density at radius 3 is 2.39 bits per heavy atom. The van der Waals surface area contributed by atoms with Crippen LogP contribution in [0.3, 0.4) is 0 Å². The number of para-hydroxylation sites is 1. The van der Waals surface area contributed by atoms with Crippen LogP contribution >= 0.6 is 0 Å². The molecule has 2 rings (SSSR count). The van der Waals surface area contributed by atoms with Crippen LogP contribution in [0.5, 0.6) is 11.5 Å². The van der Waals surface area contributed by atoms with Gasteiger partial charge in [-0.25, -0.2) is 4.79 Å². The quantitative estimate of drug-likeness (QED) is 0.421. The first-order valence-electron chi connectivity index (χ1n) is 10.6. The Kier molecular flexibility index (Phi) is 9.47. The van der Waals surface area contributed by atoms with Crippen LogP contribution in [-0.2, 0) is 19.1 Å². The third-order valence-corrected chi connectivity index (χ3v) is 4.73. The number of carbonyl (C=O) groups excluding carboxylic acids is 3. The molecule has 0 aliphatic rings. The maximum absolute atomic E-state index is 12.2. The van der Waals surface area contributed by atoms with E-state index in [-0.39, 0.29) is 12.5 Å². The molecule has 176 valence electrons. The maximum atomic E-state index is 12.2. The molecule has 0 fully saturated rings. The first-order valence-corrected chi connectivity index (χ1v) is 10.6. The number of methoxy groups -OCH3 is 1. The number of amides is 2. The lowest BCUT2D eigenvalue weighted by Crippen LogP contribution is -2.40. The number of nitrogens with one attached hydrogen (secondary N) is 2. The normalized spacial score (nSPS) is 11.5. The highest BCUT2D eigenvalue weighted by molar-refractivity contribution is 5.96. The summed E-state index contributed by atoms with van der Waals surface area (Å²) in [7, 11) is 1.53. The van der Waals surface area contributed by atoms with E-state index in [1.165, 1.54) is 20.1 Å². The van der Waals surface area contributed by atoms with E-state index in [9.17, 15) is 14.4 Å². The molecule has 0 aromatic heterocycles. The van der Waals surface area contributed by atoms with E-state index in [4.69, 9.17) is 14.2 Å². The van der Waals surface area contributed by atoms with Crippen molar-refractivity contribution in [1.82, 2.24) is 5.32 Å². The summed E-state index contributed by atoms with van der Waals surface area (Å²) in [5.74, 6) is -0.490. The SMILES string of the molecule is CCOc1ccc(/C=C/C(=O)OC(C)C(=O)NCC(=O)Nc2c(C)cccc2C)cc1OC. The first kappa shape index (κ1) is 25.5. The third-order valence-electron chi connectivity index (χ3n) is 4.73. The monoisotopic (exact) mass is 454 g/mol. The fraction of sp³-hybridized carbons (Fsp3) is 0.320. The maximum Gasteiger partial charge on any atom is 0.331 e. The van der Waals surface area contributed by atoms with Crippen molar-refractivity contribution in [2.75, 3.05) is 25.6 Å². The Bertz CT molecular complexity index is 1010. The minimum absolute atomic E-state index is 0.240. The second kappa shape index (κ2) is 12.3. The lowest BCUT2D eigenvalue weighted by atomic mass is 10.1. The Labute approximate surface area is 193 Å². The van der Waals surface area contributed by atoms with Gasteiger partial charge in [0, 0.05) is 11.8 Å². The number of rotatable bonds is 10. The zero-order valence-corrected chi connectivity index (χ0v) is 19.6. The molecule has 1 unspecified atom stereocenters. The summed E-state index contributed by atoms with van der Waals surface area (Å²) in [6, 6.07) is 10.9. The number of aryl methyl sites for hydroxylation is 2. The summed E-state index contributed by atoms with van der Waals surface area (Å²) in [5, 5.41) is 5.25. The number of carbonyl (C=O) groups is 3. The van der Waals surface area contributed by atoms with Crippen molar-refractivity contribution in [3.8, 4) is 11.5 Å². The predicted octanol–water partition coefficient (Wildman–Crippen LogP) is 3.41. The van der Waals surface area contributed by atoms with Crippen molar-refractivity contribution in [3.63, 3.8) is 0 Å². The molecular weight excluding hydrogens is 424 g/mol. The number of benzene rings is 2. The van der Waals surface area contributed by atoms with E-state index in [1.807, 2.05) is 39.0 Å². The summed E-state index contributed by atoms with van der Waals surface area (Å²) < 4.78 is 15.9. The zero-order chi connectivity index (χ0) is 24.4. The van der Waals surface area contributed by atoms with Gasteiger partial charge < -0.3 is 24.8 Å². The van der Waals surface area contributed by atoms with Gasteiger partial charge in [-0.3, -0.25) is 9.59 Å². The molecule has 8 nitrogen and oxygen atoms in total. The van der Waals surface area contributed by atoms with Crippen molar-refractivity contribution < 1.29 is 28.6 Å². The van der Waals surface area contributed by atoms with Crippen molar-refractivity contribution in [2.45, 2.75) is 33.8 Å². The molecule has 0 radical (unpaired) electrons. The second-order valence-electron chi connectivity index (χ2n) is 7.29. The van der Waals surface area contributed by atoms with Gasteiger partial charge in [-0.05, 0) is 62.6 Å². The van der Waals surface area contributed by atoms with Crippen molar-refractivity contribution in [3.05, 3.63) is 59.2 Å². The summed E-state index contributed by atoms with van der Waals surface area (Å²) in [6.07, 6.45) is 1.69. The van der Waals surface area contributed by atoms with E-state index < -0.39 is 18.0 Å². The lowest BCUT2D eigenvalue weighted by molar-refractivity contribution is -0.150. The van der Waals surface area contributed by atoms with E-state index in [1.54, 1.807) is 24.3 Å². The fourth-order valence-electron chi connectivity index (χ4n) is 3.00. The Morgan fingerprint density at radius 1 is 1.06 bits per heavy atom. The number of esters is 1. The molecule has 2 N–H and O–H groups in total. The van der Waals surface area contributed by atoms with Gasteiger partial charge in [-0.1, -0.05) is 24.3 Å². The molecule has 0 saturated carbocycles. The van der Waals surface area contributed by atoms with Crippen LogP contribution in [0.2, 0.25) is 0 Å². The molecule has 0 spiro atoms. The van der Waals surface area contributed by atoms with Crippen LogP contribution in [-0.4, -0.2) is 44.1 Å². The molecule has 2 aromatic carbocycles. The Balaban J connectivity index is 1.85. The van der Waals surface area contributed by atoms with E-state index in [2.05, 4.69) is 10.6 Å². The first-order chi connectivity index (χ1) is 15.7. The standard InChI is InChI=1S/C25H30N2O6/c1-6-32-20-12-10-19(14-21(20)31-5)11-13-23(29)33-18(4)25(30)26-15-22(28)27-24-16(2)8-7-9-17(24)3/h7-14,18H,6,15H2,1-5H3,(H,26,30)(H,27,28)/b13-11+. The average Bonchev–Trinajstić information content (AvgIpc) is 2.79. The molecule has 2 aromatic rings. The summed E-state index contributed by atoms with van der Waals surface area (Å²) >= 11 is 0. The molecule has 0 saturated heterocycles. The van der Waals surface area contributed by atoms with Gasteiger partial charge in [0.1, 0.15) is 0 Å². The van der Waals surface area contributed by atoms with Crippen molar-refractivity contribution in [1.29, 1.82) is 0 Å². The molecule has 0 aliphatic carbocycles. The van der Waals surface area contributed by atoms with Gasteiger partial charge in [-0.2, -0.15) is 0 Å². The van der Waals surface area contributed by atoms with Gasteiger partial charge in [0.15, 0.2) is 17.6 Å². The molecule has 0 bridgehead atoms. The minimum atomic E-state index is -1.06. The van der Waals surface area contributed by atoms with Crippen molar-refractivity contribution >= 4 is 29.5 Å². The number of ether oxygens (including phenoxy) is 3. The van der Waals surface area contributed by atoms with Gasteiger partial charge in [0.25, 0.3) is 5.91 Å². The highest BCUT2D eigenvalue weighted by Crippen LogP contribution is 2.28. The Hall–Kier alpha value is -3.81. The van der Waals surface area contributed by atoms with Gasteiger partial charge in [0.2, 0.25) is 5.91 Å². The summed E-state index contributed by atoms with van der Waals surface area (Å²) in [6.45, 7) is 7.35. The van der Waals surface area contributed by atoms with Gasteiger partial charge in [0.05, 0.1) is 20.3 Å². The van der Waals surface area contributed by atoms with E-state index in [0.717, 1.165) is 11.1 Å². The molecule has 2 amide bonds. The van der Waals surface area contributed by atoms with Crippen LogP contribution in [0.1, 0.15) is 30.5 Å². The largest absolute Gasteiger partial charge is 0.493 e. The third kappa shape index (κ3) is 7.68. The number of hydrogen-bond donors (Lipinski definition) is 2. The number of anilines is 1. The second-order valence-corrected chi connectivity index (χ2v) is 7.29. The van der Waals surface area contributed by atoms with Crippen molar-refractivity contribution in [2.24, 2.45) is 0 Å². The number of hydrogen-bond acceptors (Lipinski definition) is 6. The topological polar surface area (TPSA) is 103 Å². The molecule has 33 heavy (non-hydrogen) atoms. The highest BCUT2D eigenvalue weighted by Gasteiger charge is 2.17. The van der Waals surface area contributed by atoms with Crippen LogP contribution in [0.4, 0.5) is 5.69 Å².